The van der Waals surface area contributed by atoms with Crippen LogP contribution in [0.25, 0.3) is 0 Å². The fourth-order valence-corrected chi connectivity index (χ4v) is 3.58. The standard InChI is InChI=1S/C21H26N2O3S/c1-15-3-7-17(8-4-15)20(18-11-12-18)23-21(24)19-9-5-16(6-10-19)13-14-22-27(2,25)26/h3-10,18,20,22H,11-14H2,1-2H3,(H,23,24)/t20-/m0/s1. The first-order valence-corrected chi connectivity index (χ1v) is 11.1. The Morgan fingerprint density at radius 1 is 1.07 bits per heavy atom. The summed E-state index contributed by atoms with van der Waals surface area (Å²) in [5.41, 5.74) is 3.97. The lowest BCUT2D eigenvalue weighted by Gasteiger charge is -2.19. The number of benzene rings is 2. The Bertz CT molecular complexity index is 886. The van der Waals surface area contributed by atoms with Gasteiger partial charge in [0.05, 0.1) is 12.3 Å². The van der Waals surface area contributed by atoms with Crippen LogP contribution in [0.1, 0.15) is 45.9 Å². The first-order chi connectivity index (χ1) is 12.8. The molecule has 0 unspecified atom stereocenters. The van der Waals surface area contributed by atoms with Crippen LogP contribution in [0, 0.1) is 12.8 Å². The second-order valence-electron chi connectivity index (χ2n) is 7.31. The summed E-state index contributed by atoms with van der Waals surface area (Å²) in [5, 5.41) is 3.18. The van der Waals surface area contributed by atoms with E-state index in [1.165, 1.54) is 5.56 Å². The summed E-state index contributed by atoms with van der Waals surface area (Å²) in [6, 6.07) is 15.7. The third-order valence-corrected chi connectivity index (χ3v) is 5.54. The van der Waals surface area contributed by atoms with E-state index in [-0.39, 0.29) is 11.9 Å². The minimum atomic E-state index is -3.17. The molecule has 1 aliphatic rings. The molecule has 1 aliphatic carbocycles. The maximum Gasteiger partial charge on any atom is 0.251 e. The van der Waals surface area contributed by atoms with Crippen molar-refractivity contribution in [2.75, 3.05) is 12.8 Å². The molecule has 0 bridgehead atoms. The van der Waals surface area contributed by atoms with Crippen LogP contribution in [0.2, 0.25) is 0 Å². The molecule has 1 atom stereocenters. The molecule has 2 N–H and O–H groups in total. The van der Waals surface area contributed by atoms with Crippen molar-refractivity contribution >= 4 is 15.9 Å². The average Bonchev–Trinajstić information content (AvgIpc) is 3.45. The van der Waals surface area contributed by atoms with E-state index < -0.39 is 10.0 Å². The summed E-state index contributed by atoms with van der Waals surface area (Å²) in [7, 11) is -3.17. The van der Waals surface area contributed by atoms with Crippen LogP contribution in [0.15, 0.2) is 48.5 Å². The van der Waals surface area contributed by atoms with Crippen LogP contribution in [0.5, 0.6) is 0 Å². The van der Waals surface area contributed by atoms with Crippen molar-refractivity contribution in [2.24, 2.45) is 5.92 Å². The number of carbonyl (C=O) groups excluding carboxylic acids is 1. The molecule has 144 valence electrons. The second-order valence-corrected chi connectivity index (χ2v) is 9.15. The first kappa shape index (κ1) is 19.6. The van der Waals surface area contributed by atoms with E-state index in [4.69, 9.17) is 0 Å². The Kier molecular flexibility index (Phi) is 5.97. The Morgan fingerprint density at radius 2 is 1.70 bits per heavy atom. The Labute approximate surface area is 161 Å². The van der Waals surface area contributed by atoms with Crippen LogP contribution in [0.4, 0.5) is 0 Å². The summed E-state index contributed by atoms with van der Waals surface area (Å²) in [6.45, 7) is 2.41. The smallest absolute Gasteiger partial charge is 0.251 e. The van der Waals surface area contributed by atoms with Gasteiger partial charge in [0, 0.05) is 12.1 Å². The third kappa shape index (κ3) is 5.91. The third-order valence-electron chi connectivity index (χ3n) is 4.81. The van der Waals surface area contributed by atoms with Crippen LogP contribution in [-0.4, -0.2) is 27.1 Å². The van der Waals surface area contributed by atoms with E-state index in [9.17, 15) is 13.2 Å². The molecule has 1 saturated carbocycles. The molecule has 0 spiro atoms. The van der Waals surface area contributed by atoms with Crippen molar-refractivity contribution in [3.05, 3.63) is 70.8 Å². The van der Waals surface area contributed by atoms with E-state index in [1.54, 1.807) is 12.1 Å². The van der Waals surface area contributed by atoms with Crippen molar-refractivity contribution < 1.29 is 13.2 Å². The summed E-state index contributed by atoms with van der Waals surface area (Å²) in [6.07, 6.45) is 4.02. The van der Waals surface area contributed by atoms with E-state index in [0.717, 1.165) is 30.2 Å². The highest BCUT2D eigenvalue weighted by Crippen LogP contribution is 2.41. The number of rotatable bonds is 8. The van der Waals surface area contributed by atoms with E-state index in [2.05, 4.69) is 41.2 Å². The first-order valence-electron chi connectivity index (χ1n) is 9.23. The predicted molar refractivity (Wildman–Crippen MR) is 107 cm³/mol. The molecule has 0 heterocycles. The monoisotopic (exact) mass is 386 g/mol. The number of sulfonamides is 1. The zero-order valence-electron chi connectivity index (χ0n) is 15.7. The van der Waals surface area contributed by atoms with Crippen LogP contribution in [-0.2, 0) is 16.4 Å². The molecule has 6 heteroatoms. The van der Waals surface area contributed by atoms with E-state index >= 15 is 0 Å². The van der Waals surface area contributed by atoms with Crippen molar-refractivity contribution in [1.29, 1.82) is 0 Å². The Balaban J connectivity index is 1.62. The van der Waals surface area contributed by atoms with Crippen molar-refractivity contribution in [1.82, 2.24) is 10.0 Å². The average molecular weight is 387 g/mol. The number of hydrogen-bond donors (Lipinski definition) is 2. The van der Waals surface area contributed by atoms with Gasteiger partial charge in [-0.3, -0.25) is 4.79 Å². The molecule has 1 amide bonds. The van der Waals surface area contributed by atoms with Gasteiger partial charge in [-0.15, -0.1) is 0 Å². The molecule has 0 radical (unpaired) electrons. The van der Waals surface area contributed by atoms with Crippen molar-refractivity contribution in [2.45, 2.75) is 32.2 Å². The molecular formula is C21H26N2O3S. The van der Waals surface area contributed by atoms with Gasteiger partial charge in [0.1, 0.15) is 0 Å². The molecule has 5 nitrogen and oxygen atoms in total. The lowest BCUT2D eigenvalue weighted by Crippen LogP contribution is -2.29. The zero-order chi connectivity index (χ0) is 19.4. The molecule has 0 aromatic heterocycles. The minimum Gasteiger partial charge on any atom is -0.345 e. The SMILES string of the molecule is Cc1ccc([C@H](NC(=O)c2ccc(CCNS(C)(=O)=O)cc2)C2CC2)cc1. The number of carbonyl (C=O) groups is 1. The molecule has 27 heavy (non-hydrogen) atoms. The number of hydrogen-bond acceptors (Lipinski definition) is 3. The molecule has 2 aromatic rings. The summed E-state index contributed by atoms with van der Waals surface area (Å²) < 4.78 is 24.7. The predicted octanol–water partition coefficient (Wildman–Crippen LogP) is 2.97. The van der Waals surface area contributed by atoms with E-state index in [0.29, 0.717) is 24.4 Å². The van der Waals surface area contributed by atoms with Crippen LogP contribution in [0.3, 0.4) is 0 Å². The fraction of sp³-hybridized carbons (Fsp3) is 0.381. The van der Waals surface area contributed by atoms with Gasteiger partial charge in [0.15, 0.2) is 0 Å². The fourth-order valence-electron chi connectivity index (χ4n) is 3.10. The van der Waals surface area contributed by atoms with Gasteiger partial charge in [0.25, 0.3) is 5.91 Å². The quantitative estimate of drug-likeness (QED) is 0.732. The minimum absolute atomic E-state index is 0.0525. The second kappa shape index (κ2) is 8.23. The van der Waals surface area contributed by atoms with Crippen LogP contribution < -0.4 is 10.0 Å². The highest BCUT2D eigenvalue weighted by atomic mass is 32.2. The van der Waals surface area contributed by atoms with Gasteiger partial charge in [-0.05, 0) is 55.4 Å². The highest BCUT2D eigenvalue weighted by Gasteiger charge is 2.33. The molecular weight excluding hydrogens is 360 g/mol. The Morgan fingerprint density at radius 3 is 2.26 bits per heavy atom. The van der Waals surface area contributed by atoms with Gasteiger partial charge < -0.3 is 5.32 Å². The maximum absolute atomic E-state index is 12.7. The molecule has 3 rings (SSSR count). The number of nitrogens with one attached hydrogen (secondary N) is 2. The topological polar surface area (TPSA) is 75.3 Å². The largest absolute Gasteiger partial charge is 0.345 e. The highest BCUT2D eigenvalue weighted by molar-refractivity contribution is 7.88. The lowest BCUT2D eigenvalue weighted by molar-refractivity contribution is 0.0931. The van der Waals surface area contributed by atoms with Crippen molar-refractivity contribution in [3.63, 3.8) is 0 Å². The van der Waals surface area contributed by atoms with Gasteiger partial charge in [-0.2, -0.15) is 0 Å². The Hall–Kier alpha value is -2.18. The normalized spacial score (nSPS) is 15.3. The molecule has 0 saturated heterocycles. The summed E-state index contributed by atoms with van der Waals surface area (Å²) in [5.74, 6) is 0.436. The molecule has 1 fully saturated rings. The van der Waals surface area contributed by atoms with Crippen molar-refractivity contribution in [3.8, 4) is 0 Å². The molecule has 0 aliphatic heterocycles. The zero-order valence-corrected chi connectivity index (χ0v) is 16.6. The summed E-state index contributed by atoms with van der Waals surface area (Å²) in [4.78, 5) is 12.7. The van der Waals surface area contributed by atoms with Gasteiger partial charge in [0.2, 0.25) is 10.0 Å². The lowest BCUT2D eigenvalue weighted by atomic mass is 10.0. The van der Waals surface area contributed by atoms with Gasteiger partial charge >= 0.3 is 0 Å². The van der Waals surface area contributed by atoms with Gasteiger partial charge in [-0.25, -0.2) is 13.1 Å². The summed E-state index contributed by atoms with van der Waals surface area (Å²) >= 11 is 0. The molecule has 2 aromatic carbocycles. The van der Waals surface area contributed by atoms with Gasteiger partial charge in [-0.1, -0.05) is 42.0 Å². The maximum atomic E-state index is 12.7. The van der Waals surface area contributed by atoms with E-state index in [1.807, 2.05) is 12.1 Å². The number of aryl methyl sites for hydroxylation is 1. The van der Waals surface area contributed by atoms with Crippen LogP contribution >= 0.6 is 0 Å². The number of amides is 1.